The van der Waals surface area contributed by atoms with Crippen LogP contribution >= 0.6 is 0 Å². The number of hydrogen-bond acceptors (Lipinski definition) is 4. The summed E-state index contributed by atoms with van der Waals surface area (Å²) in [4.78, 5) is 0.373. The molecule has 0 spiro atoms. The molecule has 21 heavy (non-hydrogen) atoms. The topological polar surface area (TPSA) is 55.4 Å². The summed E-state index contributed by atoms with van der Waals surface area (Å²) in [5.74, 6) is 0.868. The van der Waals surface area contributed by atoms with Gasteiger partial charge < -0.3 is 10.1 Å². The van der Waals surface area contributed by atoms with E-state index in [1.54, 1.807) is 31.4 Å². The highest BCUT2D eigenvalue weighted by Crippen LogP contribution is 2.18. The van der Waals surface area contributed by atoms with Gasteiger partial charge in [-0.1, -0.05) is 13.8 Å². The molecule has 0 saturated heterocycles. The van der Waals surface area contributed by atoms with Gasteiger partial charge in [-0.05, 0) is 56.5 Å². The van der Waals surface area contributed by atoms with E-state index in [9.17, 15) is 8.42 Å². The molecule has 0 aliphatic rings. The zero-order valence-electron chi connectivity index (χ0n) is 13.3. The third kappa shape index (κ3) is 6.06. The molecule has 0 heterocycles. The monoisotopic (exact) mass is 313 g/mol. The lowest BCUT2D eigenvalue weighted by Gasteiger charge is -2.16. The maximum absolute atomic E-state index is 12.3. The second-order valence-corrected chi connectivity index (χ2v) is 7.31. The molecule has 4 nitrogen and oxygen atoms in total. The van der Waals surface area contributed by atoms with Crippen molar-refractivity contribution in [3.63, 3.8) is 0 Å². The fourth-order valence-corrected chi connectivity index (χ4v) is 3.55. The van der Waals surface area contributed by atoms with Crippen LogP contribution in [0.1, 0.15) is 39.5 Å². The van der Waals surface area contributed by atoms with Gasteiger partial charge in [-0.15, -0.1) is 0 Å². The maximum Gasteiger partial charge on any atom is 0.178 e. The van der Waals surface area contributed by atoms with Crippen LogP contribution in [0.15, 0.2) is 29.2 Å². The van der Waals surface area contributed by atoms with Gasteiger partial charge in [0.25, 0.3) is 0 Å². The van der Waals surface area contributed by atoms with E-state index < -0.39 is 9.84 Å². The number of methoxy groups -OCH3 is 1. The van der Waals surface area contributed by atoms with Crippen LogP contribution in [0.25, 0.3) is 0 Å². The Morgan fingerprint density at radius 3 is 2.38 bits per heavy atom. The van der Waals surface area contributed by atoms with Gasteiger partial charge in [-0.2, -0.15) is 0 Å². The van der Waals surface area contributed by atoms with Crippen molar-refractivity contribution < 1.29 is 13.2 Å². The summed E-state index contributed by atoms with van der Waals surface area (Å²) in [6.45, 7) is 5.25. The van der Waals surface area contributed by atoms with Gasteiger partial charge in [-0.25, -0.2) is 8.42 Å². The standard InChI is InChI=1S/C16H27NO3S/c1-4-12-17-14(5-2)7-6-13-21(18,19)16-10-8-15(20-3)9-11-16/h8-11,14,17H,4-7,12-13H2,1-3H3. The third-order valence-electron chi connectivity index (χ3n) is 3.56. The Bertz CT molecular complexity index is 497. The normalized spacial score (nSPS) is 13.1. The summed E-state index contributed by atoms with van der Waals surface area (Å²) in [7, 11) is -1.63. The first-order valence-electron chi connectivity index (χ1n) is 7.63. The van der Waals surface area contributed by atoms with Crippen molar-refractivity contribution in [2.75, 3.05) is 19.4 Å². The molecule has 1 rings (SSSR count). The first-order valence-corrected chi connectivity index (χ1v) is 9.29. The number of rotatable bonds is 10. The highest BCUT2D eigenvalue weighted by atomic mass is 32.2. The molecule has 0 aromatic heterocycles. The summed E-state index contributed by atoms with van der Waals surface area (Å²) < 4.78 is 29.6. The van der Waals surface area contributed by atoms with E-state index in [0.717, 1.165) is 25.8 Å². The summed E-state index contributed by atoms with van der Waals surface area (Å²) in [5, 5.41) is 3.45. The molecule has 0 radical (unpaired) electrons. The lowest BCUT2D eigenvalue weighted by molar-refractivity contribution is 0.414. The molecule has 0 fully saturated rings. The third-order valence-corrected chi connectivity index (χ3v) is 5.38. The van der Waals surface area contributed by atoms with Crippen LogP contribution in [0.2, 0.25) is 0 Å². The Morgan fingerprint density at radius 2 is 1.86 bits per heavy atom. The zero-order valence-corrected chi connectivity index (χ0v) is 14.1. The van der Waals surface area contributed by atoms with Crippen LogP contribution in [0, 0.1) is 0 Å². The van der Waals surface area contributed by atoms with E-state index >= 15 is 0 Å². The molecule has 0 amide bonds. The van der Waals surface area contributed by atoms with Crippen molar-refractivity contribution in [2.45, 2.75) is 50.5 Å². The lowest BCUT2D eigenvalue weighted by Crippen LogP contribution is -2.29. The summed E-state index contributed by atoms with van der Waals surface area (Å²) in [6.07, 6.45) is 3.71. The van der Waals surface area contributed by atoms with Crippen LogP contribution in [-0.4, -0.2) is 33.9 Å². The van der Waals surface area contributed by atoms with Gasteiger partial charge in [0.1, 0.15) is 5.75 Å². The first-order chi connectivity index (χ1) is 10.0. The fraction of sp³-hybridized carbons (Fsp3) is 0.625. The Morgan fingerprint density at radius 1 is 1.19 bits per heavy atom. The number of nitrogens with one attached hydrogen (secondary N) is 1. The molecule has 0 saturated carbocycles. The van der Waals surface area contributed by atoms with Gasteiger partial charge in [0.2, 0.25) is 0 Å². The summed E-state index contributed by atoms with van der Waals surface area (Å²) in [5.41, 5.74) is 0. The van der Waals surface area contributed by atoms with E-state index in [2.05, 4.69) is 19.2 Å². The summed E-state index contributed by atoms with van der Waals surface area (Å²) >= 11 is 0. The Balaban J connectivity index is 2.51. The van der Waals surface area contributed by atoms with Gasteiger partial charge >= 0.3 is 0 Å². The predicted molar refractivity (Wildman–Crippen MR) is 86.7 cm³/mol. The zero-order chi connectivity index (χ0) is 15.7. The molecule has 0 bridgehead atoms. The first kappa shape index (κ1) is 18.0. The van der Waals surface area contributed by atoms with Crippen LogP contribution in [0.5, 0.6) is 5.75 Å². The van der Waals surface area contributed by atoms with Crippen LogP contribution in [-0.2, 0) is 9.84 Å². The minimum Gasteiger partial charge on any atom is -0.497 e. The van der Waals surface area contributed by atoms with Crippen LogP contribution in [0.4, 0.5) is 0 Å². The fourth-order valence-electron chi connectivity index (χ4n) is 2.22. The highest BCUT2D eigenvalue weighted by Gasteiger charge is 2.15. The van der Waals surface area contributed by atoms with Gasteiger partial charge in [-0.3, -0.25) is 0 Å². The molecule has 5 heteroatoms. The van der Waals surface area contributed by atoms with Gasteiger partial charge in [0.05, 0.1) is 17.8 Å². The molecule has 0 aliphatic heterocycles. The molecule has 1 atom stereocenters. The Kier molecular flexibility index (Phi) is 7.75. The van der Waals surface area contributed by atoms with Crippen molar-refractivity contribution in [3.05, 3.63) is 24.3 Å². The Hall–Kier alpha value is -1.07. The maximum atomic E-state index is 12.3. The smallest absolute Gasteiger partial charge is 0.178 e. The number of hydrogen-bond donors (Lipinski definition) is 1. The number of benzene rings is 1. The largest absolute Gasteiger partial charge is 0.497 e. The second-order valence-electron chi connectivity index (χ2n) is 5.20. The highest BCUT2D eigenvalue weighted by molar-refractivity contribution is 7.91. The van der Waals surface area contributed by atoms with Crippen molar-refractivity contribution in [1.82, 2.24) is 5.32 Å². The van der Waals surface area contributed by atoms with Crippen molar-refractivity contribution >= 4 is 9.84 Å². The average Bonchev–Trinajstić information content (AvgIpc) is 2.50. The molecular formula is C16H27NO3S. The van der Waals surface area contributed by atoms with Crippen molar-refractivity contribution in [3.8, 4) is 5.75 Å². The second kappa shape index (κ2) is 9.05. The van der Waals surface area contributed by atoms with Crippen molar-refractivity contribution in [1.29, 1.82) is 0 Å². The van der Waals surface area contributed by atoms with Crippen molar-refractivity contribution in [2.24, 2.45) is 0 Å². The minimum absolute atomic E-state index is 0.198. The van der Waals surface area contributed by atoms with E-state index in [4.69, 9.17) is 4.74 Å². The summed E-state index contributed by atoms with van der Waals surface area (Å²) in [6, 6.07) is 7.01. The van der Waals surface area contributed by atoms with E-state index in [1.807, 2.05) is 0 Å². The van der Waals surface area contributed by atoms with Gasteiger partial charge in [0.15, 0.2) is 9.84 Å². The molecule has 1 N–H and O–H groups in total. The molecular weight excluding hydrogens is 286 g/mol. The quantitative estimate of drug-likeness (QED) is 0.721. The number of ether oxygens (including phenoxy) is 1. The van der Waals surface area contributed by atoms with Crippen LogP contribution in [0.3, 0.4) is 0 Å². The lowest BCUT2D eigenvalue weighted by atomic mass is 10.1. The SMILES string of the molecule is CCCNC(CC)CCCS(=O)(=O)c1ccc(OC)cc1. The minimum atomic E-state index is -3.19. The average molecular weight is 313 g/mol. The Labute approximate surface area is 128 Å². The molecule has 1 unspecified atom stereocenters. The van der Waals surface area contributed by atoms with Gasteiger partial charge in [0, 0.05) is 6.04 Å². The van der Waals surface area contributed by atoms with E-state index in [-0.39, 0.29) is 5.75 Å². The predicted octanol–water partition coefficient (Wildman–Crippen LogP) is 3.03. The van der Waals surface area contributed by atoms with Crippen LogP contribution < -0.4 is 10.1 Å². The molecule has 0 aliphatic carbocycles. The molecule has 1 aromatic rings. The molecule has 1 aromatic carbocycles. The number of sulfone groups is 1. The van der Waals surface area contributed by atoms with E-state index in [1.165, 1.54) is 0 Å². The van der Waals surface area contributed by atoms with E-state index in [0.29, 0.717) is 23.1 Å². The molecule has 120 valence electrons.